The van der Waals surface area contributed by atoms with E-state index in [1.54, 1.807) is 12.1 Å². The Labute approximate surface area is 316 Å². The van der Waals surface area contributed by atoms with Crippen LogP contribution in [0.5, 0.6) is 0 Å². The minimum absolute atomic E-state index is 0.00330. The number of hydrogen-bond acceptors (Lipinski definition) is 5. The summed E-state index contributed by atoms with van der Waals surface area (Å²) in [6, 6.07) is 18.9. The van der Waals surface area contributed by atoms with Crippen LogP contribution in [0.3, 0.4) is 0 Å². The highest BCUT2D eigenvalue weighted by atomic mass is 32.1. The third kappa shape index (κ3) is 4.98. The van der Waals surface area contributed by atoms with Crippen molar-refractivity contribution in [2.45, 2.75) is 0 Å². The van der Waals surface area contributed by atoms with E-state index in [4.69, 9.17) is 30.0 Å². The van der Waals surface area contributed by atoms with Gasteiger partial charge in [0, 0.05) is 57.0 Å². The molecule has 10 rings (SSSR count). The maximum Gasteiger partial charge on any atom is 0.165 e. The van der Waals surface area contributed by atoms with Crippen LogP contribution in [0.15, 0.2) is 163 Å². The SMILES string of the molecule is [2H]c1c([2H])c([2H])c2c(sc3c([2H])c([2H])c(-c4nc(-c5cccc(-c6ccc(-c7ccccc7)cc6)c5)nc(-c5c([2H])c([2H])c([2H])c6c5sc5c([2H])c([2H])c([2H])c([2H])c56)n4)c([2H])c32)c1[2H]. The van der Waals surface area contributed by atoms with Crippen molar-refractivity contribution in [1.82, 2.24) is 15.0 Å². The molecule has 0 fully saturated rings. The monoisotopic (exact) mass is 687 g/mol. The molecule has 3 heterocycles. The fourth-order valence-electron chi connectivity index (χ4n) is 5.95. The van der Waals surface area contributed by atoms with Crippen LogP contribution in [-0.4, -0.2) is 15.0 Å². The van der Waals surface area contributed by atoms with Crippen molar-refractivity contribution >= 4 is 63.0 Å². The molecule has 3 nitrogen and oxygen atoms in total. The Balaban J connectivity index is 1.27. The first-order valence-corrected chi connectivity index (χ1v) is 17.1. The highest BCUT2D eigenvalue weighted by Crippen LogP contribution is 2.40. The van der Waals surface area contributed by atoms with Gasteiger partial charge in [-0.3, -0.25) is 0 Å². The van der Waals surface area contributed by atoms with Crippen molar-refractivity contribution in [1.29, 1.82) is 0 Å². The molecule has 0 bridgehead atoms. The molecule has 5 heteroatoms. The molecule has 0 radical (unpaired) electrons. The van der Waals surface area contributed by atoms with Crippen LogP contribution in [0.2, 0.25) is 0 Å². The smallest absolute Gasteiger partial charge is 0.165 e. The van der Waals surface area contributed by atoms with Crippen LogP contribution in [0, 0.1) is 0 Å². The van der Waals surface area contributed by atoms with E-state index in [2.05, 4.69) is 0 Å². The van der Waals surface area contributed by atoms with Gasteiger partial charge >= 0.3 is 0 Å². The second kappa shape index (κ2) is 11.8. The summed E-state index contributed by atoms with van der Waals surface area (Å²) in [6.45, 7) is 0. The summed E-state index contributed by atoms with van der Waals surface area (Å²) in [7, 11) is 0. The van der Waals surface area contributed by atoms with Crippen molar-refractivity contribution < 1.29 is 19.2 Å². The van der Waals surface area contributed by atoms with E-state index in [1.807, 2.05) is 66.7 Å². The zero-order valence-electron chi connectivity index (χ0n) is 39.7. The third-order valence-corrected chi connectivity index (χ3v) is 10.5. The van der Waals surface area contributed by atoms with Crippen LogP contribution in [0.4, 0.5) is 0 Å². The number of nitrogens with zero attached hydrogens (tertiary/aromatic N) is 3. The molecular weight excluding hydrogens is 647 g/mol. The molecule has 0 aliphatic heterocycles. The maximum absolute atomic E-state index is 9.56. The van der Waals surface area contributed by atoms with Gasteiger partial charge in [-0.15, -0.1) is 22.7 Å². The van der Waals surface area contributed by atoms with Gasteiger partial charge in [0.25, 0.3) is 0 Å². The Kier molecular flexibility index (Phi) is 4.29. The molecule has 50 heavy (non-hydrogen) atoms. The van der Waals surface area contributed by atoms with E-state index < -0.39 is 60.4 Å². The number of benzene rings is 7. The highest BCUT2D eigenvalue weighted by Gasteiger charge is 2.18. The zero-order valence-corrected chi connectivity index (χ0v) is 27.3. The van der Waals surface area contributed by atoms with Crippen LogP contribution in [-0.2, 0) is 0 Å². The normalized spacial score (nSPS) is 15.5. The Hall–Kier alpha value is -6.01. The largest absolute Gasteiger partial charge is 0.208 e. The van der Waals surface area contributed by atoms with Crippen molar-refractivity contribution in [3.8, 4) is 56.4 Å². The summed E-state index contributed by atoms with van der Waals surface area (Å²) in [5.74, 6) is -0.516. The molecule has 3 aromatic heterocycles. The number of thiophene rings is 2. The van der Waals surface area contributed by atoms with Crippen LogP contribution >= 0.6 is 22.7 Å². The predicted octanol–water partition coefficient (Wildman–Crippen LogP) is 12.9. The second-order valence-corrected chi connectivity index (χ2v) is 13.4. The molecule has 234 valence electrons. The average Bonchev–Trinajstić information content (AvgIpc) is 3.92. The first-order valence-electron chi connectivity index (χ1n) is 22.5. The van der Waals surface area contributed by atoms with E-state index in [9.17, 15) is 4.11 Å². The van der Waals surface area contributed by atoms with Gasteiger partial charge in [-0.05, 0) is 64.6 Å². The molecule has 10 aromatic rings. The van der Waals surface area contributed by atoms with Gasteiger partial charge in [0.05, 0.1) is 19.2 Å². The van der Waals surface area contributed by atoms with Gasteiger partial charge in [-0.2, -0.15) is 0 Å². The minimum Gasteiger partial charge on any atom is -0.208 e. The lowest BCUT2D eigenvalue weighted by Gasteiger charge is -2.11. The lowest BCUT2D eigenvalue weighted by Crippen LogP contribution is -2.00. The van der Waals surface area contributed by atoms with Gasteiger partial charge in [0.1, 0.15) is 0 Å². The van der Waals surface area contributed by atoms with E-state index >= 15 is 0 Å². The van der Waals surface area contributed by atoms with Crippen molar-refractivity contribution in [3.63, 3.8) is 0 Å². The first-order chi connectivity index (χ1) is 30.6. The molecule has 0 saturated heterocycles. The van der Waals surface area contributed by atoms with Gasteiger partial charge in [0.15, 0.2) is 17.5 Å². The van der Waals surface area contributed by atoms with Gasteiger partial charge in [-0.1, -0.05) is 121 Å². The summed E-state index contributed by atoms with van der Waals surface area (Å²) in [4.78, 5) is 14.4. The Morgan fingerprint density at radius 2 is 0.980 bits per heavy atom. The molecule has 0 spiro atoms. The number of aromatic nitrogens is 3. The zero-order chi connectivity index (χ0) is 45.2. The Morgan fingerprint density at radius 1 is 0.400 bits per heavy atom. The number of rotatable bonds is 5. The summed E-state index contributed by atoms with van der Waals surface area (Å²) >= 11 is 1.78. The predicted molar refractivity (Wildman–Crippen MR) is 213 cm³/mol. The minimum atomic E-state index is -0.560. The van der Waals surface area contributed by atoms with Crippen LogP contribution in [0.25, 0.3) is 96.8 Å². The summed E-state index contributed by atoms with van der Waals surface area (Å²) < 4.78 is 124. The lowest BCUT2D eigenvalue weighted by atomic mass is 9.99. The van der Waals surface area contributed by atoms with Gasteiger partial charge in [0.2, 0.25) is 0 Å². The van der Waals surface area contributed by atoms with Crippen molar-refractivity contribution in [2.75, 3.05) is 0 Å². The third-order valence-electron chi connectivity index (χ3n) is 8.35. The topological polar surface area (TPSA) is 38.7 Å². The summed E-state index contributed by atoms with van der Waals surface area (Å²) in [5, 5.41) is 0.0299. The van der Waals surface area contributed by atoms with E-state index in [-0.39, 0.29) is 93.1 Å². The molecule has 0 aliphatic carbocycles. The number of hydrogen-bond donors (Lipinski definition) is 0. The van der Waals surface area contributed by atoms with Crippen LogP contribution < -0.4 is 0 Å². The fraction of sp³-hybridized carbons (Fsp3) is 0. The van der Waals surface area contributed by atoms with Crippen molar-refractivity contribution in [3.05, 3.63) is 163 Å². The second-order valence-electron chi connectivity index (χ2n) is 11.4. The molecule has 7 aromatic carbocycles. The lowest BCUT2D eigenvalue weighted by molar-refractivity contribution is 1.08. The quantitative estimate of drug-likeness (QED) is 0.181. The fourth-order valence-corrected chi connectivity index (χ4v) is 7.93. The molecule has 0 aliphatic rings. The number of fused-ring (bicyclic) bond motifs is 6. The first kappa shape index (κ1) is 18.1. The molecule has 0 atom stereocenters. The van der Waals surface area contributed by atoms with E-state index in [0.29, 0.717) is 5.56 Å². The van der Waals surface area contributed by atoms with Gasteiger partial charge < -0.3 is 0 Å². The summed E-state index contributed by atoms with van der Waals surface area (Å²) in [6.07, 6.45) is 0. The highest BCUT2D eigenvalue weighted by molar-refractivity contribution is 7.26. The van der Waals surface area contributed by atoms with Crippen molar-refractivity contribution in [2.24, 2.45) is 0 Å². The summed E-state index contributed by atoms with van der Waals surface area (Å²) in [5.41, 5.74) is 3.80. The molecule has 0 unspecified atom stereocenters. The molecule has 0 amide bonds. The Morgan fingerprint density at radius 3 is 1.78 bits per heavy atom. The van der Waals surface area contributed by atoms with Gasteiger partial charge in [-0.25, -0.2) is 15.0 Å². The molecule has 0 N–H and O–H groups in total. The molecule has 0 saturated carbocycles. The van der Waals surface area contributed by atoms with Crippen LogP contribution in [0.1, 0.15) is 19.2 Å². The van der Waals surface area contributed by atoms with E-state index in [1.165, 1.54) is 0 Å². The van der Waals surface area contributed by atoms with E-state index in [0.717, 1.165) is 44.9 Å². The maximum atomic E-state index is 9.56. The molecular formula is C45H27N3S2. The Bertz CT molecular complexity index is 3670. The standard InChI is InChI=1S/C45H27N3S2/c1-2-10-28(11-3-1)29-20-22-30(23-21-29)31-12-8-13-32(26-31)43-46-44(33-24-25-41-38(27-33)35-15-5-6-18-39(35)49-41)48-45(47-43)37-17-9-16-36-34-14-4-7-19-40(34)50-42(36)37/h1-27H/i4D,5D,6D,7D,9D,14D,15D,16D,17D,18D,19D,24D,25D,27D. The average molecular weight is 688 g/mol.